The van der Waals surface area contributed by atoms with E-state index in [1.165, 1.54) is 25.7 Å². The Hall–Kier alpha value is -0.590. The lowest BCUT2D eigenvalue weighted by molar-refractivity contribution is 0.0513. The van der Waals surface area contributed by atoms with Gasteiger partial charge in [-0.3, -0.25) is 0 Å². The molecule has 0 heterocycles. The van der Waals surface area contributed by atoms with Crippen LogP contribution in [-0.4, -0.2) is 19.8 Å². The summed E-state index contributed by atoms with van der Waals surface area (Å²) in [4.78, 5) is 0. The van der Waals surface area contributed by atoms with Crippen molar-refractivity contribution in [2.24, 2.45) is 23.0 Å². The van der Waals surface area contributed by atoms with Gasteiger partial charge in [-0.05, 0) is 51.5 Å². The summed E-state index contributed by atoms with van der Waals surface area (Å²) >= 11 is 0. The summed E-state index contributed by atoms with van der Waals surface area (Å²) in [5.41, 5.74) is 5.53. The Balaban J connectivity index is 2.19. The molecule has 3 heteroatoms. The summed E-state index contributed by atoms with van der Waals surface area (Å²) in [6.07, 6.45) is 5.95. The summed E-state index contributed by atoms with van der Waals surface area (Å²) in [5.74, 6) is 1.28. The molecule has 0 radical (unpaired) electrons. The topological polar surface area (TPSA) is 59.0 Å². The molecule has 0 aromatic rings. The van der Waals surface area contributed by atoms with Crippen molar-refractivity contribution in [3.63, 3.8) is 0 Å². The van der Waals surface area contributed by atoms with E-state index in [1.807, 2.05) is 13.8 Å². The highest BCUT2D eigenvalue weighted by atomic mass is 16.5. The van der Waals surface area contributed by atoms with Gasteiger partial charge in [0.2, 0.25) is 0 Å². The van der Waals surface area contributed by atoms with Crippen LogP contribution < -0.4 is 5.73 Å². The fourth-order valence-electron chi connectivity index (χ4n) is 2.43. The molecule has 1 rings (SSSR count). The van der Waals surface area contributed by atoms with Gasteiger partial charge < -0.3 is 10.5 Å². The molecule has 0 aliphatic heterocycles. The number of rotatable bonds is 6. The van der Waals surface area contributed by atoms with Crippen LogP contribution in [0.15, 0.2) is 0 Å². The normalized spacial score (nSPS) is 25.5. The van der Waals surface area contributed by atoms with Gasteiger partial charge >= 0.3 is 0 Å². The first kappa shape index (κ1) is 14.5. The minimum absolute atomic E-state index is 0.264. The molecule has 2 unspecified atom stereocenters. The van der Waals surface area contributed by atoms with Crippen LogP contribution in [0.3, 0.4) is 0 Å². The molecule has 0 bridgehead atoms. The van der Waals surface area contributed by atoms with Gasteiger partial charge in [0.1, 0.15) is 0 Å². The molecule has 3 nitrogen and oxygen atoms in total. The van der Waals surface area contributed by atoms with Crippen LogP contribution in [0.1, 0.15) is 46.0 Å². The zero-order valence-electron chi connectivity index (χ0n) is 11.2. The van der Waals surface area contributed by atoms with Crippen LogP contribution in [0.4, 0.5) is 0 Å². The van der Waals surface area contributed by atoms with Crippen molar-refractivity contribution < 1.29 is 4.74 Å². The van der Waals surface area contributed by atoms with E-state index in [1.54, 1.807) is 0 Å². The second-order valence-electron chi connectivity index (χ2n) is 5.86. The Morgan fingerprint density at radius 3 is 2.53 bits per heavy atom. The molecule has 0 saturated heterocycles. The first-order chi connectivity index (χ1) is 8.09. The van der Waals surface area contributed by atoms with Crippen LogP contribution in [0.2, 0.25) is 0 Å². The molecule has 98 valence electrons. The molecule has 2 atom stereocenters. The maximum atomic E-state index is 8.90. The first-order valence-electron chi connectivity index (χ1n) is 6.78. The van der Waals surface area contributed by atoms with Crippen LogP contribution >= 0.6 is 0 Å². The van der Waals surface area contributed by atoms with Crippen molar-refractivity contribution in [2.45, 2.75) is 46.0 Å². The predicted molar refractivity (Wildman–Crippen MR) is 69.3 cm³/mol. The van der Waals surface area contributed by atoms with Crippen molar-refractivity contribution >= 4 is 0 Å². The maximum Gasteiger partial charge on any atom is 0.0684 e. The zero-order valence-corrected chi connectivity index (χ0v) is 11.2. The molecular formula is C14H26N2O. The summed E-state index contributed by atoms with van der Waals surface area (Å²) in [5, 5.41) is 8.90. The molecular weight excluding hydrogens is 212 g/mol. The summed E-state index contributed by atoms with van der Waals surface area (Å²) in [6.45, 7) is 6.22. The van der Waals surface area contributed by atoms with E-state index in [0.29, 0.717) is 18.4 Å². The summed E-state index contributed by atoms with van der Waals surface area (Å²) in [6, 6.07) is 2.30. The molecule has 0 aromatic heterocycles. The number of hydrogen-bond donors (Lipinski definition) is 1. The van der Waals surface area contributed by atoms with Crippen molar-refractivity contribution in [3.05, 3.63) is 0 Å². The Labute approximate surface area is 105 Å². The Bertz CT molecular complexity index is 257. The first-order valence-corrected chi connectivity index (χ1v) is 6.78. The average Bonchev–Trinajstić information content (AvgIpc) is 2.35. The summed E-state index contributed by atoms with van der Waals surface area (Å²) in [7, 11) is 0. The third kappa shape index (κ3) is 5.06. The third-order valence-corrected chi connectivity index (χ3v) is 3.88. The minimum Gasteiger partial charge on any atom is -0.381 e. The van der Waals surface area contributed by atoms with Crippen LogP contribution in [0.25, 0.3) is 0 Å². The zero-order chi connectivity index (χ0) is 12.7. The second-order valence-corrected chi connectivity index (χ2v) is 5.86. The van der Waals surface area contributed by atoms with Crippen LogP contribution in [0, 0.1) is 28.6 Å². The molecule has 0 aromatic carbocycles. The molecule has 1 fully saturated rings. The van der Waals surface area contributed by atoms with Gasteiger partial charge in [0, 0.05) is 13.2 Å². The number of nitriles is 1. The lowest BCUT2D eigenvalue weighted by Crippen LogP contribution is -2.30. The van der Waals surface area contributed by atoms with Crippen molar-refractivity contribution in [1.82, 2.24) is 0 Å². The number of nitrogens with zero attached hydrogens (tertiary/aromatic N) is 1. The number of hydrogen-bond acceptors (Lipinski definition) is 3. The van der Waals surface area contributed by atoms with E-state index in [-0.39, 0.29) is 5.41 Å². The Morgan fingerprint density at radius 1 is 1.29 bits per heavy atom. The van der Waals surface area contributed by atoms with E-state index < -0.39 is 0 Å². The van der Waals surface area contributed by atoms with Crippen molar-refractivity contribution in [1.29, 1.82) is 5.26 Å². The number of ether oxygens (including phenoxy) is 1. The molecule has 0 amide bonds. The van der Waals surface area contributed by atoms with Gasteiger partial charge in [-0.25, -0.2) is 0 Å². The Morgan fingerprint density at radius 2 is 1.94 bits per heavy atom. The summed E-state index contributed by atoms with van der Waals surface area (Å²) < 4.78 is 5.74. The van der Waals surface area contributed by atoms with Gasteiger partial charge in [-0.1, -0.05) is 12.8 Å². The molecule has 2 N–H and O–H groups in total. The largest absolute Gasteiger partial charge is 0.381 e. The van der Waals surface area contributed by atoms with Gasteiger partial charge in [0.05, 0.1) is 11.5 Å². The standard InChI is InChI=1S/C14H26N2O/c1-14(2,11-16)7-8-17-10-13-6-4-3-5-12(13)9-15/h12-13H,3-10,15H2,1-2H3. The highest BCUT2D eigenvalue weighted by molar-refractivity contribution is 4.91. The van der Waals surface area contributed by atoms with Gasteiger partial charge in [0.25, 0.3) is 0 Å². The molecule has 1 aliphatic rings. The molecule has 0 spiro atoms. The fourth-order valence-corrected chi connectivity index (χ4v) is 2.43. The molecule has 1 aliphatic carbocycles. The fraction of sp³-hybridized carbons (Fsp3) is 0.929. The number of nitrogens with two attached hydrogens (primary N) is 1. The van der Waals surface area contributed by atoms with E-state index in [4.69, 9.17) is 15.7 Å². The molecule has 1 saturated carbocycles. The van der Waals surface area contributed by atoms with E-state index in [9.17, 15) is 0 Å². The average molecular weight is 238 g/mol. The van der Waals surface area contributed by atoms with Gasteiger partial charge in [0.15, 0.2) is 0 Å². The van der Waals surface area contributed by atoms with Crippen LogP contribution in [0.5, 0.6) is 0 Å². The van der Waals surface area contributed by atoms with Gasteiger partial charge in [-0.2, -0.15) is 5.26 Å². The predicted octanol–water partition coefficient (Wildman–Crippen LogP) is 2.71. The lowest BCUT2D eigenvalue weighted by Gasteiger charge is -2.30. The highest BCUT2D eigenvalue weighted by Crippen LogP contribution is 2.29. The highest BCUT2D eigenvalue weighted by Gasteiger charge is 2.24. The van der Waals surface area contributed by atoms with Crippen LogP contribution in [-0.2, 0) is 4.74 Å². The minimum atomic E-state index is -0.264. The lowest BCUT2D eigenvalue weighted by atomic mass is 9.80. The maximum absolute atomic E-state index is 8.90. The smallest absolute Gasteiger partial charge is 0.0684 e. The van der Waals surface area contributed by atoms with Crippen molar-refractivity contribution in [3.8, 4) is 6.07 Å². The monoisotopic (exact) mass is 238 g/mol. The quantitative estimate of drug-likeness (QED) is 0.724. The third-order valence-electron chi connectivity index (χ3n) is 3.88. The van der Waals surface area contributed by atoms with E-state index in [2.05, 4.69) is 6.07 Å². The van der Waals surface area contributed by atoms with Gasteiger partial charge in [-0.15, -0.1) is 0 Å². The van der Waals surface area contributed by atoms with E-state index in [0.717, 1.165) is 19.6 Å². The van der Waals surface area contributed by atoms with E-state index >= 15 is 0 Å². The molecule has 17 heavy (non-hydrogen) atoms. The SMILES string of the molecule is CC(C)(C#N)CCOCC1CCCCC1CN. The van der Waals surface area contributed by atoms with Crippen molar-refractivity contribution in [2.75, 3.05) is 19.8 Å². The second kappa shape index (κ2) is 6.98. The Kier molecular flexibility index (Phi) is 5.94.